The third-order valence-electron chi connectivity index (χ3n) is 4.03. The highest BCUT2D eigenvalue weighted by molar-refractivity contribution is 5.20. The predicted molar refractivity (Wildman–Crippen MR) is 87.2 cm³/mol. The molecule has 1 aliphatic heterocycles. The fraction of sp³-hybridized carbons (Fsp3) is 0.706. The van der Waals surface area contributed by atoms with Crippen molar-refractivity contribution in [1.29, 1.82) is 0 Å². The van der Waals surface area contributed by atoms with E-state index in [4.69, 9.17) is 4.74 Å². The average molecular weight is 308 g/mol. The lowest BCUT2D eigenvalue weighted by Gasteiger charge is -2.27. The van der Waals surface area contributed by atoms with Gasteiger partial charge in [-0.2, -0.15) is 0 Å². The summed E-state index contributed by atoms with van der Waals surface area (Å²) in [5, 5.41) is 9.70. The molecule has 22 heavy (non-hydrogen) atoms. The molecule has 5 heteroatoms. The maximum absolute atomic E-state index is 11.7. The van der Waals surface area contributed by atoms with Gasteiger partial charge in [-0.1, -0.05) is 6.42 Å². The van der Waals surface area contributed by atoms with Crippen molar-refractivity contribution in [2.75, 3.05) is 19.7 Å². The quantitative estimate of drug-likeness (QED) is 0.786. The molecule has 0 aromatic carbocycles. The van der Waals surface area contributed by atoms with Gasteiger partial charge in [-0.3, -0.25) is 9.69 Å². The first-order valence-electron chi connectivity index (χ1n) is 8.32. The Hall–Kier alpha value is -1.33. The molecule has 0 radical (unpaired) electrons. The Morgan fingerprint density at radius 1 is 1.27 bits per heavy atom. The van der Waals surface area contributed by atoms with Gasteiger partial charge in [0.25, 0.3) is 0 Å². The molecule has 1 aliphatic rings. The average Bonchev–Trinajstić information content (AvgIpc) is 2.49. The molecule has 1 aromatic rings. The van der Waals surface area contributed by atoms with Gasteiger partial charge in [0.2, 0.25) is 5.43 Å². The molecule has 0 atom stereocenters. The standard InChI is InChI=1S/C17H28N2O3/c1-14(2)22-10-6-9-19-13-17(21)16(20)11-15(19)12-18-7-4-3-5-8-18/h11,13-14,21H,3-10,12H2,1-2H3. The number of hydrogen-bond acceptors (Lipinski definition) is 4. The van der Waals surface area contributed by atoms with E-state index >= 15 is 0 Å². The number of piperidine rings is 1. The van der Waals surface area contributed by atoms with Crippen LogP contribution in [0.4, 0.5) is 0 Å². The van der Waals surface area contributed by atoms with Crippen LogP contribution in [0.1, 0.15) is 45.2 Å². The lowest BCUT2D eigenvalue weighted by atomic mass is 10.1. The lowest BCUT2D eigenvalue weighted by Crippen LogP contribution is -2.31. The molecule has 0 unspecified atom stereocenters. The summed E-state index contributed by atoms with van der Waals surface area (Å²) in [7, 11) is 0. The van der Waals surface area contributed by atoms with Crippen molar-refractivity contribution in [2.45, 2.75) is 58.7 Å². The number of aromatic hydroxyl groups is 1. The molecule has 2 rings (SSSR count). The molecule has 0 amide bonds. The van der Waals surface area contributed by atoms with Crippen LogP contribution in [0.3, 0.4) is 0 Å². The molecule has 5 nitrogen and oxygen atoms in total. The molecule has 1 N–H and O–H groups in total. The Kier molecular flexibility index (Phi) is 6.46. The van der Waals surface area contributed by atoms with Gasteiger partial charge in [0.15, 0.2) is 5.75 Å². The SMILES string of the molecule is CC(C)OCCCn1cc(O)c(=O)cc1CN1CCCCC1. The van der Waals surface area contributed by atoms with Gasteiger partial charge in [0.1, 0.15) is 0 Å². The van der Waals surface area contributed by atoms with Crippen LogP contribution in [-0.2, 0) is 17.8 Å². The van der Waals surface area contributed by atoms with Crippen molar-refractivity contribution < 1.29 is 9.84 Å². The topological polar surface area (TPSA) is 54.7 Å². The number of rotatable bonds is 7. The summed E-state index contributed by atoms with van der Waals surface area (Å²) in [4.78, 5) is 14.1. The van der Waals surface area contributed by atoms with E-state index in [1.165, 1.54) is 19.3 Å². The third-order valence-corrected chi connectivity index (χ3v) is 4.03. The normalized spacial score (nSPS) is 16.3. The van der Waals surface area contributed by atoms with E-state index in [1.54, 1.807) is 12.3 Å². The maximum Gasteiger partial charge on any atom is 0.223 e. The second-order valence-electron chi connectivity index (χ2n) is 6.32. The second kappa shape index (κ2) is 8.34. The number of ether oxygens (including phenoxy) is 1. The first-order chi connectivity index (χ1) is 10.6. The van der Waals surface area contributed by atoms with Crippen LogP contribution >= 0.6 is 0 Å². The molecule has 0 bridgehead atoms. The molecule has 0 saturated carbocycles. The zero-order valence-electron chi connectivity index (χ0n) is 13.8. The monoisotopic (exact) mass is 308 g/mol. The van der Waals surface area contributed by atoms with Crippen molar-refractivity contribution in [2.24, 2.45) is 0 Å². The summed E-state index contributed by atoms with van der Waals surface area (Å²) >= 11 is 0. The van der Waals surface area contributed by atoms with E-state index in [1.807, 2.05) is 18.4 Å². The zero-order valence-corrected chi connectivity index (χ0v) is 13.8. The summed E-state index contributed by atoms with van der Waals surface area (Å²) in [5.74, 6) is -0.174. The number of hydrogen-bond donors (Lipinski definition) is 1. The fourth-order valence-electron chi connectivity index (χ4n) is 2.85. The minimum Gasteiger partial charge on any atom is -0.503 e. The molecule has 0 spiro atoms. The molecule has 1 fully saturated rings. The minimum absolute atomic E-state index is 0.174. The van der Waals surface area contributed by atoms with Gasteiger partial charge in [-0.25, -0.2) is 0 Å². The van der Waals surface area contributed by atoms with E-state index < -0.39 is 0 Å². The van der Waals surface area contributed by atoms with E-state index in [0.717, 1.165) is 38.3 Å². The van der Waals surface area contributed by atoms with E-state index in [0.29, 0.717) is 6.61 Å². The van der Waals surface area contributed by atoms with Crippen molar-refractivity contribution in [3.63, 3.8) is 0 Å². The highest BCUT2D eigenvalue weighted by Crippen LogP contribution is 2.14. The molecule has 1 saturated heterocycles. The number of pyridine rings is 1. The first kappa shape index (κ1) is 17.0. The fourth-order valence-corrected chi connectivity index (χ4v) is 2.85. The number of aromatic nitrogens is 1. The van der Waals surface area contributed by atoms with Gasteiger partial charge in [0.05, 0.1) is 12.3 Å². The van der Waals surface area contributed by atoms with Crippen LogP contribution in [0.25, 0.3) is 0 Å². The van der Waals surface area contributed by atoms with Gasteiger partial charge in [0, 0.05) is 31.5 Å². The first-order valence-corrected chi connectivity index (χ1v) is 8.32. The number of nitrogens with zero attached hydrogens (tertiary/aromatic N) is 2. The van der Waals surface area contributed by atoms with Crippen molar-refractivity contribution >= 4 is 0 Å². The van der Waals surface area contributed by atoms with Crippen molar-refractivity contribution in [1.82, 2.24) is 9.47 Å². The van der Waals surface area contributed by atoms with E-state index in [9.17, 15) is 9.90 Å². The second-order valence-corrected chi connectivity index (χ2v) is 6.32. The van der Waals surface area contributed by atoms with Crippen LogP contribution in [0.15, 0.2) is 17.1 Å². The third kappa shape index (κ3) is 5.14. The highest BCUT2D eigenvalue weighted by atomic mass is 16.5. The number of likely N-dealkylation sites (tertiary alicyclic amines) is 1. The Labute approximate surface area is 132 Å². The van der Waals surface area contributed by atoms with Crippen LogP contribution in [-0.4, -0.2) is 40.4 Å². The Morgan fingerprint density at radius 2 is 2.00 bits per heavy atom. The van der Waals surface area contributed by atoms with Crippen LogP contribution in [0, 0.1) is 0 Å². The van der Waals surface area contributed by atoms with Crippen LogP contribution in [0.2, 0.25) is 0 Å². The summed E-state index contributed by atoms with van der Waals surface area (Å²) in [6.07, 6.45) is 6.42. The van der Waals surface area contributed by atoms with Crippen molar-refractivity contribution in [3.8, 4) is 5.75 Å². The summed E-state index contributed by atoms with van der Waals surface area (Å²) in [6, 6.07) is 1.58. The van der Waals surface area contributed by atoms with Crippen molar-refractivity contribution in [3.05, 3.63) is 28.2 Å². The van der Waals surface area contributed by atoms with Gasteiger partial charge in [-0.05, 0) is 46.2 Å². The molecule has 0 aliphatic carbocycles. The molecule has 124 valence electrons. The maximum atomic E-state index is 11.7. The smallest absolute Gasteiger partial charge is 0.223 e. The summed E-state index contributed by atoms with van der Waals surface area (Å²) in [5.41, 5.74) is 0.691. The minimum atomic E-state index is -0.290. The Bertz CT molecular complexity index is 519. The van der Waals surface area contributed by atoms with E-state index in [-0.39, 0.29) is 17.3 Å². The van der Waals surface area contributed by atoms with E-state index in [2.05, 4.69) is 4.90 Å². The van der Waals surface area contributed by atoms with Gasteiger partial charge >= 0.3 is 0 Å². The Morgan fingerprint density at radius 3 is 2.68 bits per heavy atom. The summed E-state index contributed by atoms with van der Waals surface area (Å²) in [6.45, 7) is 8.44. The molecular formula is C17H28N2O3. The highest BCUT2D eigenvalue weighted by Gasteiger charge is 2.13. The van der Waals surface area contributed by atoms with Gasteiger partial charge < -0.3 is 14.4 Å². The predicted octanol–water partition coefficient (Wildman–Crippen LogP) is 2.35. The van der Waals surface area contributed by atoms with Crippen LogP contribution < -0.4 is 5.43 Å². The Balaban J connectivity index is 2.02. The lowest BCUT2D eigenvalue weighted by molar-refractivity contribution is 0.0745. The number of aryl methyl sites for hydroxylation is 1. The molecule has 1 aromatic heterocycles. The largest absolute Gasteiger partial charge is 0.503 e. The van der Waals surface area contributed by atoms with Crippen LogP contribution in [0.5, 0.6) is 5.75 Å². The molecular weight excluding hydrogens is 280 g/mol. The zero-order chi connectivity index (χ0) is 15.9. The summed E-state index contributed by atoms with van der Waals surface area (Å²) < 4.78 is 7.55. The molecule has 2 heterocycles. The van der Waals surface area contributed by atoms with Gasteiger partial charge in [-0.15, -0.1) is 0 Å².